The molecule has 0 unspecified atom stereocenters. The van der Waals surface area contributed by atoms with Crippen LogP contribution in [-0.2, 0) is 6.42 Å². The van der Waals surface area contributed by atoms with E-state index in [1.165, 1.54) is 0 Å². The Balaban J connectivity index is 3.23. The van der Waals surface area contributed by atoms with Crippen LogP contribution in [0.3, 0.4) is 0 Å². The first-order chi connectivity index (χ1) is 7.61. The summed E-state index contributed by atoms with van der Waals surface area (Å²) in [7, 11) is 0. The molecule has 1 rings (SSSR count). The van der Waals surface area contributed by atoms with Crippen molar-refractivity contribution in [3.05, 3.63) is 28.8 Å². The molecule has 0 radical (unpaired) electrons. The molecule has 0 aliphatic carbocycles. The third kappa shape index (κ3) is 2.54. The second-order valence-electron chi connectivity index (χ2n) is 3.74. The molecular weight excluding hydrogens is 204 g/mol. The molecule has 0 aliphatic rings. The van der Waals surface area contributed by atoms with Gasteiger partial charge in [0, 0.05) is 0 Å². The second-order valence-corrected chi connectivity index (χ2v) is 3.74. The molecule has 1 aromatic rings. The van der Waals surface area contributed by atoms with Crippen molar-refractivity contribution >= 4 is 5.97 Å². The van der Waals surface area contributed by atoms with E-state index in [-0.39, 0.29) is 5.56 Å². The number of carbonyl (C=O) groups is 1. The van der Waals surface area contributed by atoms with Crippen molar-refractivity contribution in [1.29, 1.82) is 0 Å². The summed E-state index contributed by atoms with van der Waals surface area (Å²) in [6, 6.07) is 3.45. The number of aromatic carboxylic acids is 1. The Morgan fingerprint density at radius 3 is 2.56 bits per heavy atom. The Labute approximate surface area is 96.1 Å². The van der Waals surface area contributed by atoms with Crippen LogP contribution in [0.15, 0.2) is 12.1 Å². The first-order valence-corrected chi connectivity index (χ1v) is 5.60. The van der Waals surface area contributed by atoms with E-state index in [2.05, 4.69) is 0 Å². The normalized spacial score (nSPS) is 10.2. The Morgan fingerprint density at radius 1 is 1.38 bits per heavy atom. The molecule has 0 atom stereocenters. The van der Waals surface area contributed by atoms with Gasteiger partial charge >= 0.3 is 5.97 Å². The molecule has 0 heterocycles. The number of ether oxygens (including phenoxy) is 1. The highest BCUT2D eigenvalue weighted by atomic mass is 16.5. The lowest BCUT2D eigenvalue weighted by molar-refractivity contribution is 0.0692. The highest BCUT2D eigenvalue weighted by Crippen LogP contribution is 2.28. The van der Waals surface area contributed by atoms with Crippen LogP contribution in [-0.4, -0.2) is 17.7 Å². The van der Waals surface area contributed by atoms with Gasteiger partial charge in [0.05, 0.1) is 6.61 Å². The van der Waals surface area contributed by atoms with Crippen molar-refractivity contribution in [1.82, 2.24) is 0 Å². The molecular formula is C13H18O3. The van der Waals surface area contributed by atoms with E-state index in [0.717, 1.165) is 24.0 Å². The molecule has 0 saturated carbocycles. The number of hydrogen-bond acceptors (Lipinski definition) is 2. The van der Waals surface area contributed by atoms with Gasteiger partial charge < -0.3 is 9.84 Å². The number of carboxylic acid groups (broad SMARTS) is 1. The molecule has 3 heteroatoms. The van der Waals surface area contributed by atoms with Crippen LogP contribution in [0.1, 0.15) is 41.8 Å². The van der Waals surface area contributed by atoms with Gasteiger partial charge in [0.25, 0.3) is 0 Å². The zero-order valence-corrected chi connectivity index (χ0v) is 10.0. The molecule has 88 valence electrons. The minimum Gasteiger partial charge on any atom is -0.492 e. The van der Waals surface area contributed by atoms with E-state index < -0.39 is 5.97 Å². The lowest BCUT2D eigenvalue weighted by Gasteiger charge is -2.14. The molecule has 0 spiro atoms. The molecule has 1 N–H and O–H groups in total. The second kappa shape index (κ2) is 5.54. The molecule has 0 bridgehead atoms. The molecule has 0 fully saturated rings. The van der Waals surface area contributed by atoms with Gasteiger partial charge in [0.1, 0.15) is 11.3 Å². The highest BCUT2D eigenvalue weighted by molar-refractivity contribution is 5.91. The summed E-state index contributed by atoms with van der Waals surface area (Å²) >= 11 is 0. The quantitative estimate of drug-likeness (QED) is 0.832. The summed E-state index contributed by atoms with van der Waals surface area (Å²) in [5.74, 6) is -0.391. The maximum Gasteiger partial charge on any atom is 0.339 e. The molecule has 3 nitrogen and oxygen atoms in total. The maximum absolute atomic E-state index is 11.1. The smallest absolute Gasteiger partial charge is 0.339 e. The molecule has 1 aromatic carbocycles. The lowest BCUT2D eigenvalue weighted by Crippen LogP contribution is -2.07. The number of benzene rings is 1. The lowest BCUT2D eigenvalue weighted by atomic mass is 10.0. The van der Waals surface area contributed by atoms with Gasteiger partial charge in [-0.15, -0.1) is 0 Å². The van der Waals surface area contributed by atoms with Crippen LogP contribution in [0.4, 0.5) is 0 Å². The van der Waals surface area contributed by atoms with E-state index in [4.69, 9.17) is 9.84 Å². The first-order valence-electron chi connectivity index (χ1n) is 5.60. The van der Waals surface area contributed by atoms with Gasteiger partial charge in [0.2, 0.25) is 0 Å². The highest BCUT2D eigenvalue weighted by Gasteiger charge is 2.16. The molecule has 0 amide bonds. The first kappa shape index (κ1) is 12.6. The Hall–Kier alpha value is -1.51. The zero-order chi connectivity index (χ0) is 12.1. The predicted octanol–water partition coefficient (Wildman–Crippen LogP) is 3.04. The fourth-order valence-electron chi connectivity index (χ4n) is 1.70. The van der Waals surface area contributed by atoms with Crippen molar-refractivity contribution in [3.8, 4) is 5.75 Å². The van der Waals surface area contributed by atoms with Crippen molar-refractivity contribution in [2.45, 2.75) is 33.6 Å². The molecule has 0 aliphatic heterocycles. The topological polar surface area (TPSA) is 46.5 Å². The SMILES string of the molecule is CCCOc1c(C(=O)O)ccc(C)c1CC. The number of rotatable bonds is 5. The van der Waals surface area contributed by atoms with Crippen molar-refractivity contribution < 1.29 is 14.6 Å². The minimum atomic E-state index is -0.930. The summed E-state index contributed by atoms with van der Waals surface area (Å²) in [5, 5.41) is 9.10. The van der Waals surface area contributed by atoms with Crippen LogP contribution in [0.5, 0.6) is 5.75 Å². The van der Waals surface area contributed by atoms with Crippen molar-refractivity contribution in [2.75, 3.05) is 6.61 Å². The van der Waals surface area contributed by atoms with Crippen LogP contribution >= 0.6 is 0 Å². The van der Waals surface area contributed by atoms with Gasteiger partial charge in [0.15, 0.2) is 0 Å². The van der Waals surface area contributed by atoms with E-state index in [1.54, 1.807) is 6.07 Å². The molecule has 0 aromatic heterocycles. The largest absolute Gasteiger partial charge is 0.492 e. The number of carboxylic acids is 1. The fraction of sp³-hybridized carbons (Fsp3) is 0.462. The van der Waals surface area contributed by atoms with Crippen LogP contribution < -0.4 is 4.74 Å². The zero-order valence-electron chi connectivity index (χ0n) is 10.0. The fourth-order valence-corrected chi connectivity index (χ4v) is 1.70. The third-order valence-corrected chi connectivity index (χ3v) is 2.53. The average Bonchev–Trinajstić information content (AvgIpc) is 2.25. The number of hydrogen-bond donors (Lipinski definition) is 1. The molecule has 0 saturated heterocycles. The Kier molecular flexibility index (Phi) is 4.35. The van der Waals surface area contributed by atoms with Gasteiger partial charge in [-0.2, -0.15) is 0 Å². The van der Waals surface area contributed by atoms with Crippen LogP contribution in [0, 0.1) is 6.92 Å². The van der Waals surface area contributed by atoms with E-state index in [9.17, 15) is 4.79 Å². The Morgan fingerprint density at radius 2 is 2.06 bits per heavy atom. The molecule has 16 heavy (non-hydrogen) atoms. The van der Waals surface area contributed by atoms with Gasteiger partial charge in [-0.3, -0.25) is 0 Å². The summed E-state index contributed by atoms with van der Waals surface area (Å²) in [5.41, 5.74) is 2.34. The van der Waals surface area contributed by atoms with E-state index in [1.807, 2.05) is 26.8 Å². The summed E-state index contributed by atoms with van der Waals surface area (Å²) < 4.78 is 5.57. The van der Waals surface area contributed by atoms with Gasteiger partial charge in [-0.25, -0.2) is 4.79 Å². The van der Waals surface area contributed by atoms with Crippen molar-refractivity contribution in [3.63, 3.8) is 0 Å². The standard InChI is InChI=1S/C13H18O3/c1-4-8-16-12-10(5-2)9(3)6-7-11(12)13(14)15/h6-7H,4-5,8H2,1-3H3,(H,14,15). The number of aryl methyl sites for hydroxylation is 1. The maximum atomic E-state index is 11.1. The summed E-state index contributed by atoms with van der Waals surface area (Å²) in [6.07, 6.45) is 1.65. The van der Waals surface area contributed by atoms with Crippen LogP contribution in [0.25, 0.3) is 0 Å². The minimum absolute atomic E-state index is 0.260. The summed E-state index contributed by atoms with van der Waals surface area (Å²) in [4.78, 5) is 11.1. The van der Waals surface area contributed by atoms with E-state index >= 15 is 0 Å². The average molecular weight is 222 g/mol. The van der Waals surface area contributed by atoms with Gasteiger partial charge in [-0.1, -0.05) is 19.9 Å². The third-order valence-electron chi connectivity index (χ3n) is 2.53. The van der Waals surface area contributed by atoms with E-state index in [0.29, 0.717) is 12.4 Å². The summed E-state index contributed by atoms with van der Waals surface area (Å²) in [6.45, 7) is 6.54. The predicted molar refractivity (Wildman–Crippen MR) is 63.3 cm³/mol. The van der Waals surface area contributed by atoms with Crippen molar-refractivity contribution in [2.24, 2.45) is 0 Å². The van der Waals surface area contributed by atoms with Crippen LogP contribution in [0.2, 0.25) is 0 Å². The monoisotopic (exact) mass is 222 g/mol. The Bertz CT molecular complexity index is 383. The van der Waals surface area contributed by atoms with Gasteiger partial charge in [-0.05, 0) is 37.0 Å².